The Bertz CT molecular complexity index is 477. The van der Waals surface area contributed by atoms with Crippen LogP contribution in [-0.4, -0.2) is 11.6 Å². The minimum Gasteiger partial charge on any atom is -0.494 e. The molecule has 0 aliphatic rings. The molecule has 3 nitrogen and oxygen atoms in total. The van der Waals surface area contributed by atoms with Crippen LogP contribution in [0.3, 0.4) is 0 Å². The number of hydrogen-bond donors (Lipinski definition) is 1. The van der Waals surface area contributed by atoms with Crippen LogP contribution in [0.2, 0.25) is 0 Å². The molecular weight excluding hydrogens is 260 g/mol. The van der Waals surface area contributed by atoms with Gasteiger partial charge in [0.2, 0.25) is 0 Å². The standard InChI is InChI=1S/C15H18N2O.ClH/c1-2-18-15-6-4-3-5-14(15)12-17-11-13-7-9-16-10-8-13;/h3-10,17H,2,11-12H2,1H3;1H. The lowest BCUT2D eigenvalue weighted by Gasteiger charge is -2.10. The van der Waals surface area contributed by atoms with Crippen LogP contribution in [0.15, 0.2) is 48.8 Å². The SMILES string of the molecule is CCOc1ccccc1CNCc1ccncc1.Cl. The normalized spacial score (nSPS) is 9.74. The predicted molar refractivity (Wildman–Crippen MR) is 79.6 cm³/mol. The first-order valence-electron chi connectivity index (χ1n) is 6.20. The van der Waals surface area contributed by atoms with Gasteiger partial charge in [0, 0.05) is 31.0 Å². The van der Waals surface area contributed by atoms with E-state index in [1.54, 1.807) is 0 Å². The van der Waals surface area contributed by atoms with E-state index in [4.69, 9.17) is 4.74 Å². The Morgan fingerprint density at radius 1 is 1.05 bits per heavy atom. The maximum absolute atomic E-state index is 5.59. The van der Waals surface area contributed by atoms with E-state index in [1.807, 2.05) is 49.6 Å². The molecule has 1 N–H and O–H groups in total. The molecule has 0 radical (unpaired) electrons. The number of nitrogens with zero attached hydrogens (tertiary/aromatic N) is 1. The number of aromatic nitrogens is 1. The van der Waals surface area contributed by atoms with Gasteiger partial charge in [-0.05, 0) is 30.7 Å². The average Bonchev–Trinajstić information content (AvgIpc) is 2.42. The second kappa shape index (κ2) is 8.51. The summed E-state index contributed by atoms with van der Waals surface area (Å²) in [6.07, 6.45) is 3.62. The van der Waals surface area contributed by atoms with Gasteiger partial charge in [0.25, 0.3) is 0 Å². The van der Waals surface area contributed by atoms with E-state index in [9.17, 15) is 0 Å². The van der Waals surface area contributed by atoms with Crippen molar-refractivity contribution < 1.29 is 4.74 Å². The molecule has 0 bridgehead atoms. The van der Waals surface area contributed by atoms with Crippen molar-refractivity contribution in [3.8, 4) is 5.75 Å². The zero-order chi connectivity index (χ0) is 12.6. The number of rotatable bonds is 6. The van der Waals surface area contributed by atoms with Crippen LogP contribution >= 0.6 is 12.4 Å². The molecule has 0 spiro atoms. The molecule has 19 heavy (non-hydrogen) atoms. The summed E-state index contributed by atoms with van der Waals surface area (Å²) < 4.78 is 5.59. The highest BCUT2D eigenvalue weighted by atomic mass is 35.5. The van der Waals surface area contributed by atoms with Gasteiger partial charge in [-0.2, -0.15) is 0 Å². The van der Waals surface area contributed by atoms with Gasteiger partial charge in [0.15, 0.2) is 0 Å². The van der Waals surface area contributed by atoms with Gasteiger partial charge >= 0.3 is 0 Å². The average molecular weight is 279 g/mol. The third-order valence-corrected chi connectivity index (χ3v) is 2.67. The van der Waals surface area contributed by atoms with Crippen LogP contribution in [0.25, 0.3) is 0 Å². The molecule has 0 saturated heterocycles. The van der Waals surface area contributed by atoms with Crippen molar-refractivity contribution in [2.45, 2.75) is 20.0 Å². The van der Waals surface area contributed by atoms with Crippen LogP contribution in [0.5, 0.6) is 5.75 Å². The van der Waals surface area contributed by atoms with Gasteiger partial charge in [0.05, 0.1) is 6.61 Å². The highest BCUT2D eigenvalue weighted by Crippen LogP contribution is 2.17. The quantitative estimate of drug-likeness (QED) is 0.881. The third-order valence-electron chi connectivity index (χ3n) is 2.67. The Labute approximate surface area is 120 Å². The molecule has 0 amide bonds. The Kier molecular flexibility index (Phi) is 6.93. The number of ether oxygens (including phenoxy) is 1. The summed E-state index contributed by atoms with van der Waals surface area (Å²) >= 11 is 0. The van der Waals surface area contributed by atoms with E-state index in [0.29, 0.717) is 6.61 Å². The lowest BCUT2D eigenvalue weighted by atomic mass is 10.2. The van der Waals surface area contributed by atoms with Crippen LogP contribution in [-0.2, 0) is 13.1 Å². The first-order valence-corrected chi connectivity index (χ1v) is 6.20. The van der Waals surface area contributed by atoms with E-state index >= 15 is 0 Å². The minimum absolute atomic E-state index is 0. The maximum atomic E-state index is 5.59. The summed E-state index contributed by atoms with van der Waals surface area (Å²) in [6, 6.07) is 12.2. The maximum Gasteiger partial charge on any atom is 0.123 e. The lowest BCUT2D eigenvalue weighted by molar-refractivity contribution is 0.335. The molecule has 2 aromatic rings. The monoisotopic (exact) mass is 278 g/mol. The zero-order valence-corrected chi connectivity index (χ0v) is 11.8. The predicted octanol–water partition coefficient (Wildman–Crippen LogP) is 3.19. The largest absolute Gasteiger partial charge is 0.494 e. The molecule has 1 aromatic heterocycles. The number of pyridine rings is 1. The van der Waals surface area contributed by atoms with Crippen molar-refractivity contribution in [3.05, 3.63) is 59.9 Å². The molecule has 1 aromatic carbocycles. The first-order chi connectivity index (χ1) is 8.90. The Hall–Kier alpha value is -1.58. The van der Waals surface area contributed by atoms with Crippen LogP contribution < -0.4 is 10.1 Å². The fourth-order valence-electron chi connectivity index (χ4n) is 1.79. The second-order valence-electron chi connectivity index (χ2n) is 4.00. The number of benzene rings is 1. The highest BCUT2D eigenvalue weighted by Gasteiger charge is 2.01. The van der Waals surface area contributed by atoms with Gasteiger partial charge in [-0.25, -0.2) is 0 Å². The lowest BCUT2D eigenvalue weighted by Crippen LogP contribution is -2.13. The molecule has 0 aliphatic carbocycles. The van der Waals surface area contributed by atoms with Crippen molar-refractivity contribution in [2.24, 2.45) is 0 Å². The van der Waals surface area contributed by atoms with Crippen molar-refractivity contribution in [3.63, 3.8) is 0 Å². The minimum atomic E-state index is 0. The summed E-state index contributed by atoms with van der Waals surface area (Å²) in [5, 5.41) is 3.41. The topological polar surface area (TPSA) is 34.1 Å². The molecule has 0 unspecified atom stereocenters. The van der Waals surface area contributed by atoms with Gasteiger partial charge in [-0.3, -0.25) is 4.98 Å². The summed E-state index contributed by atoms with van der Waals surface area (Å²) in [5.74, 6) is 0.960. The zero-order valence-electron chi connectivity index (χ0n) is 11.0. The van der Waals surface area contributed by atoms with E-state index in [1.165, 1.54) is 11.1 Å². The molecular formula is C15H19ClN2O. The molecule has 0 aliphatic heterocycles. The van der Waals surface area contributed by atoms with Crippen molar-refractivity contribution in [2.75, 3.05) is 6.61 Å². The van der Waals surface area contributed by atoms with Crippen LogP contribution in [0.4, 0.5) is 0 Å². The molecule has 0 atom stereocenters. The number of nitrogens with one attached hydrogen (secondary N) is 1. The number of hydrogen-bond acceptors (Lipinski definition) is 3. The van der Waals surface area contributed by atoms with Crippen LogP contribution in [0.1, 0.15) is 18.1 Å². The Morgan fingerprint density at radius 3 is 2.53 bits per heavy atom. The smallest absolute Gasteiger partial charge is 0.123 e. The van der Waals surface area contributed by atoms with Gasteiger partial charge in [0.1, 0.15) is 5.75 Å². The van der Waals surface area contributed by atoms with Gasteiger partial charge < -0.3 is 10.1 Å². The van der Waals surface area contributed by atoms with Crippen molar-refractivity contribution in [1.82, 2.24) is 10.3 Å². The Morgan fingerprint density at radius 2 is 1.79 bits per heavy atom. The highest BCUT2D eigenvalue weighted by molar-refractivity contribution is 5.85. The summed E-state index contributed by atoms with van der Waals surface area (Å²) in [6.45, 7) is 4.34. The van der Waals surface area contributed by atoms with E-state index in [2.05, 4.69) is 16.4 Å². The van der Waals surface area contributed by atoms with E-state index in [0.717, 1.165) is 18.8 Å². The number of halogens is 1. The van der Waals surface area contributed by atoms with Gasteiger partial charge in [-0.1, -0.05) is 18.2 Å². The Balaban J connectivity index is 0.00000180. The molecule has 2 rings (SSSR count). The van der Waals surface area contributed by atoms with Crippen molar-refractivity contribution in [1.29, 1.82) is 0 Å². The second-order valence-corrected chi connectivity index (χ2v) is 4.00. The molecule has 1 heterocycles. The summed E-state index contributed by atoms with van der Waals surface area (Å²) in [5.41, 5.74) is 2.42. The van der Waals surface area contributed by atoms with E-state index < -0.39 is 0 Å². The molecule has 102 valence electrons. The molecule has 0 fully saturated rings. The van der Waals surface area contributed by atoms with E-state index in [-0.39, 0.29) is 12.4 Å². The summed E-state index contributed by atoms with van der Waals surface area (Å²) in [4.78, 5) is 4.00. The first kappa shape index (κ1) is 15.5. The summed E-state index contributed by atoms with van der Waals surface area (Å²) in [7, 11) is 0. The fraction of sp³-hybridized carbons (Fsp3) is 0.267. The molecule has 4 heteroatoms. The number of para-hydroxylation sites is 1. The van der Waals surface area contributed by atoms with Crippen LogP contribution in [0, 0.1) is 0 Å². The van der Waals surface area contributed by atoms with Gasteiger partial charge in [-0.15, -0.1) is 12.4 Å². The fourth-order valence-corrected chi connectivity index (χ4v) is 1.79. The third kappa shape index (κ3) is 4.89. The molecule has 0 saturated carbocycles. The van der Waals surface area contributed by atoms with Crippen molar-refractivity contribution >= 4 is 12.4 Å².